The van der Waals surface area contributed by atoms with Crippen LogP contribution in [0.1, 0.15) is 30.5 Å². The standard InChI is InChI=1S/C32H34N4O3S/c37-40(38,24-10-2-1-3-11-24)36-22-18-27-30(36)16-8-17-31(27)39-23-21-33-19-9-20-34-32-25-12-4-6-14-28(25)35-29-15-7-5-13-26(29)32/h1-4,6,8,10-12,14,16-18,22,33H,5,7,9,13,15,19-21,23H2,(H,34,35). The zero-order valence-electron chi connectivity index (χ0n) is 22.5. The van der Waals surface area contributed by atoms with Gasteiger partial charge in [-0.15, -0.1) is 0 Å². The van der Waals surface area contributed by atoms with E-state index in [2.05, 4.69) is 34.9 Å². The lowest BCUT2D eigenvalue weighted by Gasteiger charge is -2.21. The third-order valence-corrected chi connectivity index (χ3v) is 9.20. The molecule has 0 fully saturated rings. The first-order chi connectivity index (χ1) is 19.6. The molecule has 8 heteroatoms. The molecule has 0 aliphatic heterocycles. The Hall–Kier alpha value is -3.88. The Kier molecular flexibility index (Phi) is 7.71. The predicted octanol–water partition coefficient (Wildman–Crippen LogP) is 5.78. The van der Waals surface area contributed by atoms with Crippen molar-refractivity contribution in [2.45, 2.75) is 37.0 Å². The number of hydrogen-bond acceptors (Lipinski definition) is 6. The molecular formula is C32H34N4O3S. The minimum atomic E-state index is -3.68. The molecule has 2 heterocycles. The van der Waals surface area contributed by atoms with E-state index in [1.807, 2.05) is 12.1 Å². The van der Waals surface area contributed by atoms with Crippen LogP contribution in [-0.4, -0.2) is 43.6 Å². The van der Waals surface area contributed by atoms with Crippen molar-refractivity contribution in [1.82, 2.24) is 14.3 Å². The number of fused-ring (bicyclic) bond motifs is 3. The summed E-state index contributed by atoms with van der Waals surface area (Å²) in [6.45, 7) is 2.95. The van der Waals surface area contributed by atoms with E-state index < -0.39 is 10.0 Å². The maximum Gasteiger partial charge on any atom is 0.268 e. The molecule has 0 spiro atoms. The highest BCUT2D eigenvalue weighted by Gasteiger charge is 2.20. The lowest BCUT2D eigenvalue weighted by molar-refractivity contribution is 0.317. The van der Waals surface area contributed by atoms with Gasteiger partial charge in [-0.2, -0.15) is 0 Å². The minimum absolute atomic E-state index is 0.259. The average molecular weight is 555 g/mol. The van der Waals surface area contributed by atoms with Gasteiger partial charge in [-0.3, -0.25) is 4.98 Å². The van der Waals surface area contributed by atoms with Crippen LogP contribution in [0.15, 0.2) is 90.0 Å². The molecule has 3 aromatic carbocycles. The second kappa shape index (κ2) is 11.7. The fraction of sp³-hybridized carbons (Fsp3) is 0.281. The Labute approximate surface area is 235 Å². The van der Waals surface area contributed by atoms with Crippen LogP contribution >= 0.6 is 0 Å². The second-order valence-corrected chi connectivity index (χ2v) is 11.9. The van der Waals surface area contributed by atoms with Gasteiger partial charge in [0, 0.05) is 41.4 Å². The van der Waals surface area contributed by atoms with Crippen LogP contribution < -0.4 is 15.4 Å². The van der Waals surface area contributed by atoms with E-state index >= 15 is 0 Å². The van der Waals surface area contributed by atoms with E-state index in [1.54, 1.807) is 48.7 Å². The molecule has 5 aromatic rings. The van der Waals surface area contributed by atoms with Crippen molar-refractivity contribution in [1.29, 1.82) is 0 Å². The van der Waals surface area contributed by atoms with Crippen molar-refractivity contribution < 1.29 is 13.2 Å². The number of para-hydroxylation sites is 1. The molecule has 0 saturated carbocycles. The summed E-state index contributed by atoms with van der Waals surface area (Å²) < 4.78 is 33.6. The highest BCUT2D eigenvalue weighted by Crippen LogP contribution is 2.33. The number of aryl methyl sites for hydroxylation is 1. The van der Waals surface area contributed by atoms with Gasteiger partial charge >= 0.3 is 0 Å². The summed E-state index contributed by atoms with van der Waals surface area (Å²) in [5.41, 5.74) is 5.59. The molecule has 40 heavy (non-hydrogen) atoms. The van der Waals surface area contributed by atoms with Crippen molar-refractivity contribution in [2.75, 3.05) is 31.6 Å². The van der Waals surface area contributed by atoms with Gasteiger partial charge in [-0.05, 0) is 80.6 Å². The van der Waals surface area contributed by atoms with Gasteiger partial charge < -0.3 is 15.4 Å². The van der Waals surface area contributed by atoms with Crippen LogP contribution in [0.3, 0.4) is 0 Å². The summed E-state index contributed by atoms with van der Waals surface area (Å²) in [6, 6.07) is 24.2. The lowest BCUT2D eigenvalue weighted by atomic mass is 9.92. The molecular weight excluding hydrogens is 520 g/mol. The highest BCUT2D eigenvalue weighted by atomic mass is 32.2. The molecule has 7 nitrogen and oxygen atoms in total. The van der Waals surface area contributed by atoms with Crippen LogP contribution in [0.4, 0.5) is 5.69 Å². The van der Waals surface area contributed by atoms with E-state index in [-0.39, 0.29) is 4.90 Å². The van der Waals surface area contributed by atoms with E-state index in [0.717, 1.165) is 43.3 Å². The number of benzene rings is 3. The van der Waals surface area contributed by atoms with Gasteiger partial charge in [-0.1, -0.05) is 42.5 Å². The van der Waals surface area contributed by atoms with Crippen LogP contribution in [0, 0.1) is 0 Å². The number of rotatable bonds is 11. The fourth-order valence-electron chi connectivity index (χ4n) is 5.52. The minimum Gasteiger partial charge on any atom is -0.492 e. The number of nitrogens with zero attached hydrogens (tertiary/aromatic N) is 2. The average Bonchev–Trinajstić information content (AvgIpc) is 3.44. The number of nitrogens with one attached hydrogen (secondary N) is 2. The molecule has 1 aliphatic carbocycles. The van der Waals surface area contributed by atoms with Crippen LogP contribution in [-0.2, 0) is 22.9 Å². The Morgan fingerprint density at radius 3 is 2.55 bits per heavy atom. The number of anilines is 1. The molecule has 0 radical (unpaired) electrons. The molecule has 0 unspecified atom stereocenters. The highest BCUT2D eigenvalue weighted by molar-refractivity contribution is 7.90. The molecule has 0 bridgehead atoms. The molecule has 1 aliphatic rings. The zero-order chi connectivity index (χ0) is 27.4. The lowest BCUT2D eigenvalue weighted by Crippen LogP contribution is -2.24. The van der Waals surface area contributed by atoms with Crippen LogP contribution in [0.5, 0.6) is 5.75 Å². The van der Waals surface area contributed by atoms with Gasteiger partial charge in [0.1, 0.15) is 12.4 Å². The number of hydrogen-bond donors (Lipinski definition) is 2. The van der Waals surface area contributed by atoms with Crippen molar-refractivity contribution >= 4 is 37.5 Å². The Morgan fingerprint density at radius 2 is 1.65 bits per heavy atom. The van der Waals surface area contributed by atoms with Gasteiger partial charge in [0.05, 0.1) is 15.9 Å². The summed E-state index contributed by atoms with van der Waals surface area (Å²) >= 11 is 0. The van der Waals surface area contributed by atoms with Crippen molar-refractivity contribution in [3.63, 3.8) is 0 Å². The van der Waals surface area contributed by atoms with E-state index in [1.165, 1.54) is 39.1 Å². The summed E-state index contributed by atoms with van der Waals surface area (Å²) in [5.74, 6) is 0.678. The molecule has 206 valence electrons. The first-order valence-corrected chi connectivity index (χ1v) is 15.5. The number of pyridine rings is 1. The summed E-state index contributed by atoms with van der Waals surface area (Å²) in [4.78, 5) is 5.19. The topological polar surface area (TPSA) is 85.2 Å². The van der Waals surface area contributed by atoms with E-state index in [0.29, 0.717) is 24.4 Å². The molecule has 0 amide bonds. The van der Waals surface area contributed by atoms with Crippen molar-refractivity contribution in [3.8, 4) is 5.75 Å². The Bertz CT molecular complexity index is 1730. The monoisotopic (exact) mass is 554 g/mol. The largest absolute Gasteiger partial charge is 0.492 e. The summed E-state index contributed by atoms with van der Waals surface area (Å²) in [7, 11) is -3.68. The zero-order valence-corrected chi connectivity index (χ0v) is 23.3. The molecule has 0 atom stereocenters. The van der Waals surface area contributed by atoms with E-state index in [4.69, 9.17) is 9.72 Å². The number of aromatic nitrogens is 2. The van der Waals surface area contributed by atoms with Gasteiger partial charge in [0.15, 0.2) is 0 Å². The van der Waals surface area contributed by atoms with Gasteiger partial charge in [0.2, 0.25) is 0 Å². The van der Waals surface area contributed by atoms with Gasteiger partial charge in [0.25, 0.3) is 10.0 Å². The van der Waals surface area contributed by atoms with E-state index in [9.17, 15) is 8.42 Å². The predicted molar refractivity (Wildman–Crippen MR) is 161 cm³/mol. The molecule has 2 aromatic heterocycles. The second-order valence-electron chi connectivity index (χ2n) is 10.1. The molecule has 6 rings (SSSR count). The van der Waals surface area contributed by atoms with Crippen LogP contribution in [0.25, 0.3) is 21.8 Å². The smallest absolute Gasteiger partial charge is 0.268 e. The Balaban J connectivity index is 1.01. The normalized spacial score (nSPS) is 13.4. The maximum atomic E-state index is 13.1. The fourth-order valence-corrected chi connectivity index (χ4v) is 6.88. The van der Waals surface area contributed by atoms with Crippen molar-refractivity contribution in [3.05, 3.63) is 96.3 Å². The van der Waals surface area contributed by atoms with Crippen LogP contribution in [0.2, 0.25) is 0 Å². The molecule has 2 N–H and O–H groups in total. The van der Waals surface area contributed by atoms with Crippen molar-refractivity contribution in [2.24, 2.45) is 0 Å². The first-order valence-electron chi connectivity index (χ1n) is 14.0. The first kappa shape index (κ1) is 26.3. The summed E-state index contributed by atoms with van der Waals surface area (Å²) in [6.07, 6.45) is 7.19. The Morgan fingerprint density at radius 1 is 0.825 bits per heavy atom. The van der Waals surface area contributed by atoms with Gasteiger partial charge in [-0.25, -0.2) is 12.4 Å². The third-order valence-electron chi connectivity index (χ3n) is 7.49. The third kappa shape index (κ3) is 5.29. The molecule has 0 saturated heterocycles. The maximum absolute atomic E-state index is 13.1. The number of ether oxygens (including phenoxy) is 1. The quantitative estimate of drug-likeness (QED) is 0.202. The summed E-state index contributed by atoms with van der Waals surface area (Å²) in [5, 5.41) is 9.17. The SMILES string of the molecule is O=S(=O)(c1ccccc1)n1ccc2c(OCCNCCCNc3c4c(nc5ccccc35)CCCC4)cccc21.